The van der Waals surface area contributed by atoms with Crippen LogP contribution in [0.25, 0.3) is 0 Å². The lowest BCUT2D eigenvalue weighted by Gasteiger charge is -2.18. The highest BCUT2D eigenvalue weighted by Crippen LogP contribution is 2.25. The Bertz CT molecular complexity index is 615. The van der Waals surface area contributed by atoms with Crippen molar-refractivity contribution in [2.24, 2.45) is 0 Å². The van der Waals surface area contributed by atoms with Crippen LogP contribution in [0.4, 0.5) is 0 Å². The number of phenolic OH excluding ortho intramolecular Hbond substituents is 1. The van der Waals surface area contributed by atoms with Gasteiger partial charge in [-0.1, -0.05) is 24.3 Å². The summed E-state index contributed by atoms with van der Waals surface area (Å²) in [7, 11) is 1.59. The molecule has 0 radical (unpaired) electrons. The van der Waals surface area contributed by atoms with Gasteiger partial charge in [0.25, 0.3) is 0 Å². The van der Waals surface area contributed by atoms with E-state index in [9.17, 15) is 10.2 Å². The number of para-hydroxylation sites is 2. The number of phenols is 1. The second-order valence-corrected chi connectivity index (χ2v) is 5.80. The largest absolute Gasteiger partial charge is 0.508 e. The first-order chi connectivity index (χ1) is 11.6. The molecule has 0 bridgehead atoms. The van der Waals surface area contributed by atoms with E-state index in [0.29, 0.717) is 18.0 Å². The zero-order chi connectivity index (χ0) is 17.4. The third-order valence-corrected chi connectivity index (χ3v) is 3.68. The fourth-order valence-electron chi connectivity index (χ4n) is 2.38. The van der Waals surface area contributed by atoms with Gasteiger partial charge < -0.3 is 25.0 Å². The molecule has 2 rings (SSSR count). The molecule has 0 aliphatic heterocycles. The van der Waals surface area contributed by atoms with E-state index in [1.165, 1.54) is 0 Å². The van der Waals surface area contributed by atoms with Gasteiger partial charge in [0, 0.05) is 12.6 Å². The SMILES string of the molecule is COc1ccccc1OCC(O)CNC(C)Cc1ccc(O)cc1. The van der Waals surface area contributed by atoms with Crippen LogP contribution in [0, 0.1) is 0 Å². The quantitative estimate of drug-likeness (QED) is 0.658. The van der Waals surface area contributed by atoms with E-state index in [1.54, 1.807) is 19.2 Å². The number of nitrogens with one attached hydrogen (secondary N) is 1. The molecule has 130 valence electrons. The minimum Gasteiger partial charge on any atom is -0.508 e. The van der Waals surface area contributed by atoms with Crippen molar-refractivity contribution in [3.8, 4) is 17.2 Å². The Labute approximate surface area is 142 Å². The number of methoxy groups -OCH3 is 1. The fourth-order valence-corrected chi connectivity index (χ4v) is 2.38. The standard InChI is InChI=1S/C19H25NO4/c1-14(11-15-7-9-16(21)10-8-15)20-12-17(22)13-24-19-6-4-3-5-18(19)23-2/h3-10,14,17,20-22H,11-13H2,1-2H3. The first-order valence-electron chi connectivity index (χ1n) is 8.03. The molecule has 0 aliphatic rings. The van der Waals surface area contributed by atoms with Crippen LogP contribution in [0.15, 0.2) is 48.5 Å². The normalized spacial score (nSPS) is 13.3. The maximum atomic E-state index is 10.1. The first-order valence-corrected chi connectivity index (χ1v) is 8.03. The van der Waals surface area contributed by atoms with Gasteiger partial charge in [-0.3, -0.25) is 0 Å². The summed E-state index contributed by atoms with van der Waals surface area (Å²) in [4.78, 5) is 0. The van der Waals surface area contributed by atoms with Crippen LogP contribution in [0.3, 0.4) is 0 Å². The van der Waals surface area contributed by atoms with Crippen LogP contribution in [-0.4, -0.2) is 42.6 Å². The zero-order valence-electron chi connectivity index (χ0n) is 14.1. The van der Waals surface area contributed by atoms with Gasteiger partial charge >= 0.3 is 0 Å². The molecule has 0 saturated carbocycles. The molecular formula is C19H25NO4. The molecule has 24 heavy (non-hydrogen) atoms. The average molecular weight is 331 g/mol. The molecule has 2 atom stereocenters. The Morgan fingerprint density at radius 3 is 2.38 bits per heavy atom. The van der Waals surface area contributed by atoms with E-state index >= 15 is 0 Å². The fraction of sp³-hybridized carbons (Fsp3) is 0.368. The summed E-state index contributed by atoms with van der Waals surface area (Å²) in [6.45, 7) is 2.69. The number of aliphatic hydroxyl groups excluding tert-OH is 1. The number of ether oxygens (including phenoxy) is 2. The molecule has 5 nitrogen and oxygen atoms in total. The highest BCUT2D eigenvalue weighted by molar-refractivity contribution is 5.39. The van der Waals surface area contributed by atoms with Gasteiger partial charge in [0.1, 0.15) is 18.5 Å². The number of aliphatic hydroxyl groups is 1. The second kappa shape index (κ2) is 9.15. The minimum atomic E-state index is -0.614. The van der Waals surface area contributed by atoms with Crippen LogP contribution < -0.4 is 14.8 Å². The maximum Gasteiger partial charge on any atom is 0.161 e. The van der Waals surface area contributed by atoms with E-state index in [-0.39, 0.29) is 18.4 Å². The van der Waals surface area contributed by atoms with Crippen molar-refractivity contribution < 1.29 is 19.7 Å². The zero-order valence-corrected chi connectivity index (χ0v) is 14.1. The second-order valence-electron chi connectivity index (χ2n) is 5.80. The Hall–Kier alpha value is -2.24. The summed E-state index contributed by atoms with van der Waals surface area (Å²) in [6, 6.07) is 14.7. The summed E-state index contributed by atoms with van der Waals surface area (Å²) in [5, 5.41) is 22.6. The third kappa shape index (κ3) is 5.76. The van der Waals surface area contributed by atoms with E-state index in [2.05, 4.69) is 12.2 Å². The van der Waals surface area contributed by atoms with E-state index in [4.69, 9.17) is 9.47 Å². The summed E-state index contributed by atoms with van der Waals surface area (Å²) >= 11 is 0. The van der Waals surface area contributed by atoms with Gasteiger partial charge in [0.15, 0.2) is 11.5 Å². The Kier molecular flexibility index (Phi) is 6.90. The average Bonchev–Trinajstić information content (AvgIpc) is 2.60. The molecular weight excluding hydrogens is 306 g/mol. The molecule has 0 fully saturated rings. The van der Waals surface area contributed by atoms with E-state index < -0.39 is 6.10 Å². The monoisotopic (exact) mass is 331 g/mol. The van der Waals surface area contributed by atoms with E-state index in [0.717, 1.165) is 12.0 Å². The lowest BCUT2D eigenvalue weighted by atomic mass is 10.1. The lowest BCUT2D eigenvalue weighted by molar-refractivity contribution is 0.102. The van der Waals surface area contributed by atoms with Crippen molar-refractivity contribution in [3.05, 3.63) is 54.1 Å². The van der Waals surface area contributed by atoms with Crippen LogP contribution in [0.1, 0.15) is 12.5 Å². The predicted octanol–water partition coefficient (Wildman–Crippen LogP) is 2.36. The highest BCUT2D eigenvalue weighted by Gasteiger charge is 2.10. The third-order valence-electron chi connectivity index (χ3n) is 3.68. The molecule has 2 unspecified atom stereocenters. The van der Waals surface area contributed by atoms with Gasteiger partial charge in [-0.25, -0.2) is 0 Å². The summed E-state index contributed by atoms with van der Waals surface area (Å²) in [5.41, 5.74) is 1.13. The number of aromatic hydroxyl groups is 1. The molecule has 0 amide bonds. The van der Waals surface area contributed by atoms with Crippen LogP contribution in [-0.2, 0) is 6.42 Å². The van der Waals surface area contributed by atoms with Crippen molar-refractivity contribution in [1.82, 2.24) is 5.32 Å². The summed E-state index contributed by atoms with van der Waals surface area (Å²) in [6.07, 6.45) is 0.206. The molecule has 5 heteroatoms. The van der Waals surface area contributed by atoms with Gasteiger partial charge in [0.2, 0.25) is 0 Å². The molecule has 0 aliphatic carbocycles. The van der Waals surface area contributed by atoms with Crippen molar-refractivity contribution in [2.75, 3.05) is 20.3 Å². The van der Waals surface area contributed by atoms with Crippen molar-refractivity contribution in [2.45, 2.75) is 25.5 Å². The van der Waals surface area contributed by atoms with E-state index in [1.807, 2.05) is 36.4 Å². The van der Waals surface area contributed by atoms with Gasteiger partial charge in [0.05, 0.1) is 7.11 Å². The number of hydrogen-bond donors (Lipinski definition) is 3. The summed E-state index contributed by atoms with van der Waals surface area (Å²) < 4.78 is 10.8. The van der Waals surface area contributed by atoms with Gasteiger partial charge in [-0.15, -0.1) is 0 Å². The number of rotatable bonds is 9. The Balaban J connectivity index is 1.72. The van der Waals surface area contributed by atoms with Crippen molar-refractivity contribution in [3.63, 3.8) is 0 Å². The summed E-state index contributed by atoms with van der Waals surface area (Å²) in [5.74, 6) is 1.54. The van der Waals surface area contributed by atoms with Crippen LogP contribution in [0.5, 0.6) is 17.2 Å². The van der Waals surface area contributed by atoms with Crippen molar-refractivity contribution >= 4 is 0 Å². The molecule has 2 aromatic rings. The van der Waals surface area contributed by atoms with Crippen molar-refractivity contribution in [1.29, 1.82) is 0 Å². The molecule has 0 heterocycles. The smallest absolute Gasteiger partial charge is 0.161 e. The topological polar surface area (TPSA) is 71.0 Å². The lowest BCUT2D eigenvalue weighted by Crippen LogP contribution is -2.37. The molecule has 2 aromatic carbocycles. The number of hydrogen-bond acceptors (Lipinski definition) is 5. The maximum absolute atomic E-state index is 10.1. The van der Waals surface area contributed by atoms with Gasteiger partial charge in [-0.05, 0) is 43.2 Å². The minimum absolute atomic E-state index is 0.194. The molecule has 0 spiro atoms. The predicted molar refractivity (Wildman–Crippen MR) is 93.8 cm³/mol. The number of benzene rings is 2. The van der Waals surface area contributed by atoms with Crippen LogP contribution in [0.2, 0.25) is 0 Å². The van der Waals surface area contributed by atoms with Gasteiger partial charge in [-0.2, -0.15) is 0 Å². The molecule has 0 aromatic heterocycles. The first kappa shape index (κ1) is 18.1. The highest BCUT2D eigenvalue weighted by atomic mass is 16.5. The Morgan fingerprint density at radius 1 is 1.04 bits per heavy atom. The molecule has 3 N–H and O–H groups in total. The van der Waals surface area contributed by atoms with Crippen LogP contribution >= 0.6 is 0 Å². The Morgan fingerprint density at radius 2 is 1.71 bits per heavy atom. The molecule has 0 saturated heterocycles.